The van der Waals surface area contributed by atoms with Crippen LogP contribution in [0.2, 0.25) is 12.1 Å². The second-order valence-corrected chi connectivity index (χ2v) is 14.9. The van der Waals surface area contributed by atoms with E-state index in [1.165, 1.54) is 45.5 Å². The summed E-state index contributed by atoms with van der Waals surface area (Å²) >= 11 is 1.84. The van der Waals surface area contributed by atoms with Gasteiger partial charge in [-0.05, 0) is 13.8 Å². The molecule has 1 aliphatic carbocycles. The summed E-state index contributed by atoms with van der Waals surface area (Å²) in [5, 5.41) is 5.46. The molecule has 28 heavy (non-hydrogen) atoms. The van der Waals surface area contributed by atoms with Crippen LogP contribution in [0, 0.1) is 19.9 Å². The molecule has 0 aliphatic heterocycles. The summed E-state index contributed by atoms with van der Waals surface area (Å²) in [6, 6.07) is 18.7. The molecule has 0 aromatic heterocycles. The Morgan fingerprint density at radius 3 is 1.82 bits per heavy atom. The third-order valence-electron chi connectivity index (χ3n) is 4.70. The average Bonchev–Trinajstić information content (AvgIpc) is 3.33. The quantitative estimate of drug-likeness (QED) is 0.272. The Labute approximate surface area is 186 Å². The van der Waals surface area contributed by atoms with Crippen molar-refractivity contribution >= 4 is 27.0 Å². The monoisotopic (exact) mass is 462 g/mol. The average molecular weight is 464 g/mol. The van der Waals surface area contributed by atoms with Crippen LogP contribution in [0.3, 0.4) is 0 Å². The maximum absolute atomic E-state index is 2.99. The minimum Gasteiger partial charge on any atom is -0.273 e. The maximum atomic E-state index is 2.99. The van der Waals surface area contributed by atoms with E-state index < -0.39 is 0 Å². The largest absolute Gasteiger partial charge is 0.273 e. The van der Waals surface area contributed by atoms with Gasteiger partial charge in [-0.15, -0.1) is 46.2 Å². The molecular weight excluding hydrogens is 432 g/mol. The van der Waals surface area contributed by atoms with Crippen LogP contribution in [0.25, 0.3) is 21.5 Å². The van der Waals surface area contributed by atoms with Gasteiger partial charge in [0.1, 0.15) is 0 Å². The van der Waals surface area contributed by atoms with Crippen molar-refractivity contribution in [3.05, 3.63) is 77.9 Å². The molecule has 0 radical (unpaired) electrons. The Balaban J connectivity index is 0.000000181. The molecule has 0 atom stereocenters. The molecule has 0 nitrogen and oxygen atoms in total. The van der Waals surface area contributed by atoms with Crippen LogP contribution in [0.5, 0.6) is 0 Å². The number of hydrogen-bond acceptors (Lipinski definition) is 0. The van der Waals surface area contributed by atoms with Crippen LogP contribution in [0.4, 0.5) is 0 Å². The minimum atomic E-state index is 0.199. The third kappa shape index (κ3) is 7.37. The van der Waals surface area contributed by atoms with Crippen molar-refractivity contribution < 1.29 is 23.3 Å². The van der Waals surface area contributed by atoms with Crippen LogP contribution in [0.15, 0.2) is 60.7 Å². The van der Waals surface area contributed by atoms with Crippen LogP contribution < -0.4 is 0 Å². The SMILES string of the molecule is CCC[Si](=[Zr+2])CCC.Cc1ccc2c(c1)[cH-]c1cc(C)ccc12.[C-]1=CC=CC1. The molecule has 0 saturated carbocycles. The van der Waals surface area contributed by atoms with Gasteiger partial charge < -0.3 is 0 Å². The van der Waals surface area contributed by atoms with E-state index in [0.29, 0.717) is 0 Å². The van der Waals surface area contributed by atoms with Crippen LogP contribution in [-0.4, -0.2) is 5.43 Å². The van der Waals surface area contributed by atoms with Gasteiger partial charge in [0.25, 0.3) is 0 Å². The van der Waals surface area contributed by atoms with Crippen molar-refractivity contribution in [3.63, 3.8) is 0 Å². The molecule has 4 rings (SSSR count). The second kappa shape index (κ2) is 12.5. The summed E-state index contributed by atoms with van der Waals surface area (Å²) in [5.41, 5.74) is 2.86. The summed E-state index contributed by atoms with van der Waals surface area (Å²) in [7, 11) is 0. The molecule has 2 heteroatoms. The zero-order valence-electron chi connectivity index (χ0n) is 17.8. The van der Waals surface area contributed by atoms with E-state index in [9.17, 15) is 0 Å². The first-order chi connectivity index (χ1) is 13.5. The summed E-state index contributed by atoms with van der Waals surface area (Å²) < 4.78 is 0. The van der Waals surface area contributed by atoms with Crippen molar-refractivity contribution in [3.8, 4) is 0 Å². The standard InChI is InChI=1S/C15H13.C6H14Si.C5H5.Zr/c1-10-3-5-14-12(7-10)9-13-8-11(2)4-6-15(13)14;1-3-5-7-6-4-2;1-2-4-5-3-1;/h3-9H,1-2H3;3-6H2,1-2H3;1-3H,4H2;/q-1;;-1;+2. The summed E-state index contributed by atoms with van der Waals surface area (Å²) in [6.07, 6.45) is 12.8. The number of allylic oxidation sites excluding steroid dienone is 4. The molecule has 0 bridgehead atoms. The Bertz CT molecular complexity index is 885. The van der Waals surface area contributed by atoms with Crippen LogP contribution in [-0.2, 0) is 23.3 Å². The van der Waals surface area contributed by atoms with Gasteiger partial charge in [0.15, 0.2) is 0 Å². The van der Waals surface area contributed by atoms with Gasteiger partial charge in [0.05, 0.1) is 0 Å². The molecule has 3 aromatic carbocycles. The second-order valence-electron chi connectivity index (χ2n) is 7.43. The van der Waals surface area contributed by atoms with E-state index in [1.807, 2.05) is 35.5 Å². The minimum absolute atomic E-state index is 0.199. The Hall–Kier alpha value is -1.11. The van der Waals surface area contributed by atoms with Gasteiger partial charge in [-0.25, -0.2) is 12.2 Å². The summed E-state index contributed by atoms with van der Waals surface area (Å²) in [6.45, 7) is 8.87. The van der Waals surface area contributed by atoms with Crippen LogP contribution >= 0.6 is 0 Å². The van der Waals surface area contributed by atoms with E-state index in [2.05, 4.69) is 82.3 Å². The predicted molar refractivity (Wildman–Crippen MR) is 124 cm³/mol. The van der Waals surface area contributed by atoms with Crippen molar-refractivity contribution in [2.45, 2.75) is 59.0 Å². The number of hydrogen-bond donors (Lipinski definition) is 0. The molecule has 0 unspecified atom stereocenters. The fourth-order valence-corrected chi connectivity index (χ4v) is 8.47. The fourth-order valence-electron chi connectivity index (χ4n) is 3.33. The number of aryl methyl sites for hydroxylation is 2. The number of fused-ring (bicyclic) bond motifs is 3. The zero-order chi connectivity index (χ0) is 20.4. The molecule has 0 heterocycles. The van der Waals surface area contributed by atoms with Gasteiger partial charge in [-0.1, -0.05) is 35.4 Å². The molecule has 0 fully saturated rings. The van der Waals surface area contributed by atoms with Gasteiger partial charge >= 0.3 is 67.5 Å². The first kappa shape index (κ1) is 23.2. The zero-order valence-corrected chi connectivity index (χ0v) is 21.3. The summed E-state index contributed by atoms with van der Waals surface area (Å²) in [5.74, 6) is 0. The van der Waals surface area contributed by atoms with Crippen molar-refractivity contribution in [2.24, 2.45) is 0 Å². The topological polar surface area (TPSA) is 0 Å². The van der Waals surface area contributed by atoms with Crippen molar-refractivity contribution in [1.29, 1.82) is 0 Å². The summed E-state index contributed by atoms with van der Waals surface area (Å²) in [4.78, 5) is 0. The molecular formula is C26H32SiZr. The molecule has 1 aliphatic rings. The van der Waals surface area contributed by atoms with Crippen LogP contribution in [0.1, 0.15) is 44.2 Å². The third-order valence-corrected chi connectivity index (χ3v) is 10.6. The van der Waals surface area contributed by atoms with Gasteiger partial charge in [0, 0.05) is 0 Å². The van der Waals surface area contributed by atoms with E-state index in [4.69, 9.17) is 0 Å². The molecule has 144 valence electrons. The molecule has 0 amide bonds. The van der Waals surface area contributed by atoms with E-state index in [0.717, 1.165) is 6.42 Å². The smallest absolute Gasteiger partial charge is 0.0469 e. The molecule has 0 N–H and O–H groups in total. The van der Waals surface area contributed by atoms with E-state index in [1.54, 1.807) is 12.1 Å². The molecule has 0 saturated heterocycles. The number of benzene rings is 2. The number of rotatable bonds is 4. The Kier molecular flexibility index (Phi) is 10.3. The fraction of sp³-hybridized carbons (Fsp3) is 0.346. The molecule has 3 aromatic rings. The van der Waals surface area contributed by atoms with Gasteiger partial charge in [-0.3, -0.25) is 6.08 Å². The Morgan fingerprint density at radius 1 is 0.929 bits per heavy atom. The molecule has 0 spiro atoms. The maximum Gasteiger partial charge on any atom is -0.0469 e. The van der Waals surface area contributed by atoms with Gasteiger partial charge in [-0.2, -0.15) is 6.08 Å². The first-order valence-corrected chi connectivity index (χ1v) is 16.0. The van der Waals surface area contributed by atoms with Crippen molar-refractivity contribution in [2.75, 3.05) is 0 Å². The predicted octanol–water partition coefficient (Wildman–Crippen LogP) is 7.98. The van der Waals surface area contributed by atoms with E-state index >= 15 is 0 Å². The van der Waals surface area contributed by atoms with E-state index in [-0.39, 0.29) is 5.43 Å². The van der Waals surface area contributed by atoms with Gasteiger partial charge in [0.2, 0.25) is 0 Å². The Morgan fingerprint density at radius 2 is 1.46 bits per heavy atom. The first-order valence-electron chi connectivity index (χ1n) is 10.4. The normalized spacial score (nSPS) is 11.9. The van der Waals surface area contributed by atoms with Crippen molar-refractivity contribution in [1.82, 2.24) is 0 Å².